The second-order valence-corrected chi connectivity index (χ2v) is 3.44. The van der Waals surface area contributed by atoms with Crippen LogP contribution < -0.4 is 5.32 Å². The Morgan fingerprint density at radius 3 is 3.00 bits per heavy atom. The van der Waals surface area contributed by atoms with Gasteiger partial charge in [-0.2, -0.15) is 0 Å². The van der Waals surface area contributed by atoms with Gasteiger partial charge in [-0.25, -0.2) is 0 Å². The van der Waals surface area contributed by atoms with Crippen LogP contribution in [-0.4, -0.2) is 5.91 Å². The molecule has 13 heavy (non-hydrogen) atoms. The average Bonchev–Trinajstić information content (AvgIpc) is 2.17. The van der Waals surface area contributed by atoms with Crippen molar-refractivity contribution in [1.29, 1.82) is 0 Å². The molecule has 1 N–H and O–H groups in total. The maximum Gasteiger partial charge on any atom is 0.224 e. The molecule has 0 fully saturated rings. The molecule has 1 heterocycles. The van der Waals surface area contributed by atoms with Crippen LogP contribution in [0.4, 0.5) is 5.69 Å². The monoisotopic (exact) mass is 195 g/mol. The molecule has 0 saturated heterocycles. The highest BCUT2D eigenvalue weighted by Crippen LogP contribution is 2.23. The van der Waals surface area contributed by atoms with Crippen LogP contribution >= 0.6 is 11.6 Å². The Balaban J connectivity index is 2.36. The zero-order chi connectivity index (χ0) is 9.26. The molecule has 2 nitrogen and oxygen atoms in total. The minimum absolute atomic E-state index is 0.103. The van der Waals surface area contributed by atoms with Crippen molar-refractivity contribution in [3.8, 4) is 0 Å². The van der Waals surface area contributed by atoms with Crippen LogP contribution in [0.25, 0.3) is 0 Å². The number of amides is 1. The molecular weight excluding hydrogens is 186 g/mol. The summed E-state index contributed by atoms with van der Waals surface area (Å²) in [5.41, 5.74) is 3.24. The van der Waals surface area contributed by atoms with Crippen LogP contribution in [0, 0.1) is 0 Å². The fraction of sp³-hybridized carbons (Fsp3) is 0.300. The zero-order valence-corrected chi connectivity index (χ0v) is 7.90. The van der Waals surface area contributed by atoms with Crippen molar-refractivity contribution in [2.45, 2.75) is 18.7 Å². The van der Waals surface area contributed by atoms with Gasteiger partial charge in [0.1, 0.15) is 0 Å². The topological polar surface area (TPSA) is 29.1 Å². The van der Waals surface area contributed by atoms with Crippen molar-refractivity contribution >= 4 is 23.2 Å². The minimum Gasteiger partial charge on any atom is -0.326 e. The molecule has 0 aromatic heterocycles. The molecule has 0 bridgehead atoms. The van der Waals surface area contributed by atoms with Gasteiger partial charge in [0.05, 0.1) is 0 Å². The Bertz CT molecular complexity index is 349. The van der Waals surface area contributed by atoms with Crippen molar-refractivity contribution < 1.29 is 4.79 Å². The Morgan fingerprint density at radius 2 is 2.23 bits per heavy atom. The summed E-state index contributed by atoms with van der Waals surface area (Å²) in [5.74, 6) is 0.632. The molecule has 0 unspecified atom stereocenters. The van der Waals surface area contributed by atoms with Crippen LogP contribution in [0.2, 0.25) is 0 Å². The summed E-state index contributed by atoms with van der Waals surface area (Å²) in [4.78, 5) is 11.0. The van der Waals surface area contributed by atoms with Gasteiger partial charge >= 0.3 is 0 Å². The second-order valence-electron chi connectivity index (χ2n) is 3.17. The highest BCUT2D eigenvalue weighted by Gasteiger charge is 2.14. The molecule has 1 aromatic carbocycles. The van der Waals surface area contributed by atoms with Gasteiger partial charge in [-0.3, -0.25) is 4.79 Å². The fourth-order valence-corrected chi connectivity index (χ4v) is 1.69. The van der Waals surface area contributed by atoms with E-state index in [-0.39, 0.29) is 5.91 Å². The number of halogens is 1. The van der Waals surface area contributed by atoms with E-state index < -0.39 is 0 Å². The molecule has 68 valence electrons. The van der Waals surface area contributed by atoms with Crippen molar-refractivity contribution in [2.24, 2.45) is 0 Å². The van der Waals surface area contributed by atoms with Gasteiger partial charge in [0, 0.05) is 18.0 Å². The molecule has 0 radical (unpaired) electrons. The SMILES string of the molecule is O=C1CCc2cc(CCl)ccc2N1. The van der Waals surface area contributed by atoms with Crippen LogP contribution in [0.5, 0.6) is 0 Å². The Morgan fingerprint density at radius 1 is 1.38 bits per heavy atom. The first kappa shape index (κ1) is 8.57. The maximum absolute atomic E-state index is 11.0. The smallest absolute Gasteiger partial charge is 0.224 e. The summed E-state index contributed by atoms with van der Waals surface area (Å²) in [6, 6.07) is 5.92. The molecule has 2 rings (SSSR count). The number of rotatable bonds is 1. The van der Waals surface area contributed by atoms with E-state index in [9.17, 15) is 4.79 Å². The lowest BCUT2D eigenvalue weighted by Gasteiger charge is -2.16. The number of benzene rings is 1. The lowest BCUT2D eigenvalue weighted by Crippen LogP contribution is -2.18. The predicted octanol–water partition coefficient (Wildman–Crippen LogP) is 2.31. The third-order valence-electron chi connectivity index (χ3n) is 2.22. The van der Waals surface area contributed by atoms with Gasteiger partial charge in [-0.15, -0.1) is 11.6 Å². The molecule has 1 aromatic rings. The first-order valence-electron chi connectivity index (χ1n) is 4.27. The number of aryl methyl sites for hydroxylation is 1. The summed E-state index contributed by atoms with van der Waals surface area (Å²) in [6.45, 7) is 0. The second kappa shape index (κ2) is 3.38. The summed E-state index contributed by atoms with van der Waals surface area (Å²) in [7, 11) is 0. The standard InChI is InChI=1S/C10H10ClNO/c11-6-7-1-3-9-8(5-7)2-4-10(13)12-9/h1,3,5H,2,4,6H2,(H,12,13). The number of hydrogen-bond acceptors (Lipinski definition) is 1. The van der Waals surface area contributed by atoms with Crippen molar-refractivity contribution in [1.82, 2.24) is 0 Å². The molecule has 1 aliphatic heterocycles. The highest BCUT2D eigenvalue weighted by atomic mass is 35.5. The first-order valence-corrected chi connectivity index (χ1v) is 4.80. The van der Waals surface area contributed by atoms with Gasteiger partial charge in [0.15, 0.2) is 0 Å². The number of hydrogen-bond donors (Lipinski definition) is 1. The van der Waals surface area contributed by atoms with Gasteiger partial charge in [0.2, 0.25) is 5.91 Å². The molecule has 3 heteroatoms. The summed E-state index contributed by atoms with van der Waals surface area (Å²) in [5, 5.41) is 2.83. The molecule has 0 spiro atoms. The van der Waals surface area contributed by atoms with Gasteiger partial charge < -0.3 is 5.32 Å². The quantitative estimate of drug-likeness (QED) is 0.685. The molecule has 0 atom stereocenters. The summed E-state index contributed by atoms with van der Waals surface area (Å²) >= 11 is 5.71. The Labute approximate surface area is 81.9 Å². The largest absolute Gasteiger partial charge is 0.326 e. The number of alkyl halides is 1. The lowest BCUT2D eigenvalue weighted by atomic mass is 10.0. The zero-order valence-electron chi connectivity index (χ0n) is 7.14. The van der Waals surface area contributed by atoms with Crippen molar-refractivity contribution in [2.75, 3.05) is 5.32 Å². The van der Waals surface area contributed by atoms with Crippen LogP contribution in [-0.2, 0) is 17.1 Å². The van der Waals surface area contributed by atoms with E-state index in [1.807, 2.05) is 12.1 Å². The third kappa shape index (κ3) is 1.68. The Hall–Kier alpha value is -1.02. The van der Waals surface area contributed by atoms with E-state index in [1.54, 1.807) is 0 Å². The average molecular weight is 196 g/mol. The van der Waals surface area contributed by atoms with Gasteiger partial charge in [0.25, 0.3) is 0 Å². The summed E-state index contributed by atoms with van der Waals surface area (Å²) < 4.78 is 0. The van der Waals surface area contributed by atoms with Crippen LogP contribution in [0.3, 0.4) is 0 Å². The van der Waals surface area contributed by atoms with Gasteiger partial charge in [-0.05, 0) is 23.6 Å². The maximum atomic E-state index is 11.0. The number of carbonyl (C=O) groups is 1. The predicted molar refractivity (Wildman–Crippen MR) is 52.9 cm³/mol. The highest BCUT2D eigenvalue weighted by molar-refractivity contribution is 6.17. The van der Waals surface area contributed by atoms with Crippen LogP contribution in [0.15, 0.2) is 18.2 Å². The fourth-order valence-electron chi connectivity index (χ4n) is 1.52. The Kier molecular flexibility index (Phi) is 2.23. The third-order valence-corrected chi connectivity index (χ3v) is 2.53. The normalized spacial score (nSPS) is 15.0. The van der Waals surface area contributed by atoms with Crippen LogP contribution in [0.1, 0.15) is 17.5 Å². The number of anilines is 1. The van der Waals surface area contributed by atoms with E-state index >= 15 is 0 Å². The number of nitrogens with one attached hydrogen (secondary N) is 1. The first-order chi connectivity index (χ1) is 6.29. The van der Waals surface area contributed by atoms with E-state index in [0.29, 0.717) is 12.3 Å². The number of fused-ring (bicyclic) bond motifs is 1. The molecule has 1 amide bonds. The van der Waals surface area contributed by atoms with E-state index in [0.717, 1.165) is 17.7 Å². The minimum atomic E-state index is 0.103. The van der Waals surface area contributed by atoms with Crippen molar-refractivity contribution in [3.63, 3.8) is 0 Å². The lowest BCUT2D eigenvalue weighted by molar-refractivity contribution is -0.116. The molecular formula is C10H10ClNO. The number of carbonyl (C=O) groups excluding carboxylic acids is 1. The van der Waals surface area contributed by atoms with Gasteiger partial charge in [-0.1, -0.05) is 12.1 Å². The van der Waals surface area contributed by atoms with E-state index in [1.165, 1.54) is 5.56 Å². The molecule has 0 saturated carbocycles. The van der Waals surface area contributed by atoms with Crippen molar-refractivity contribution in [3.05, 3.63) is 29.3 Å². The van der Waals surface area contributed by atoms with E-state index in [2.05, 4.69) is 11.4 Å². The van der Waals surface area contributed by atoms with E-state index in [4.69, 9.17) is 11.6 Å². The molecule has 1 aliphatic rings. The summed E-state index contributed by atoms with van der Waals surface area (Å²) in [6.07, 6.45) is 1.41. The molecule has 0 aliphatic carbocycles.